The Kier molecular flexibility index (Phi) is 2.16. The molecule has 76 valence electrons. The van der Waals surface area contributed by atoms with Crippen LogP contribution in [-0.4, -0.2) is 25.3 Å². The summed E-state index contributed by atoms with van der Waals surface area (Å²) in [5, 5.41) is 3.37. The fourth-order valence-electron chi connectivity index (χ4n) is 3.21. The molecule has 0 aromatic rings. The summed E-state index contributed by atoms with van der Waals surface area (Å²) in [6, 6.07) is 0.685. The Hall–Kier alpha value is -0.0800. The normalized spacial score (nSPS) is 35.8. The van der Waals surface area contributed by atoms with Crippen LogP contribution in [0.1, 0.15) is 39.5 Å². The first kappa shape index (κ1) is 9.47. The largest absolute Gasteiger partial charge is 0.375 e. The third-order valence-electron chi connectivity index (χ3n) is 3.50. The van der Waals surface area contributed by atoms with Crippen molar-refractivity contribution in [2.45, 2.75) is 51.2 Å². The van der Waals surface area contributed by atoms with Gasteiger partial charge in [-0.15, -0.1) is 0 Å². The molecule has 13 heavy (non-hydrogen) atoms. The van der Waals surface area contributed by atoms with Crippen LogP contribution in [0.4, 0.5) is 0 Å². The van der Waals surface area contributed by atoms with E-state index >= 15 is 0 Å². The summed E-state index contributed by atoms with van der Waals surface area (Å²) >= 11 is 0. The summed E-state index contributed by atoms with van der Waals surface area (Å²) in [7, 11) is 2.06. The maximum Gasteiger partial charge on any atom is 0.0707 e. The van der Waals surface area contributed by atoms with Crippen LogP contribution in [0.5, 0.6) is 0 Å². The van der Waals surface area contributed by atoms with Crippen molar-refractivity contribution in [1.82, 2.24) is 5.32 Å². The number of rotatable bonds is 1. The Balaban J connectivity index is 1.94. The highest BCUT2D eigenvalue weighted by molar-refractivity contribution is 5.04. The molecule has 1 atom stereocenters. The third-order valence-corrected chi connectivity index (χ3v) is 3.50. The molecule has 2 rings (SSSR count). The van der Waals surface area contributed by atoms with Gasteiger partial charge in [0, 0.05) is 12.6 Å². The van der Waals surface area contributed by atoms with E-state index in [9.17, 15) is 0 Å². The summed E-state index contributed by atoms with van der Waals surface area (Å²) < 4.78 is 5.93. The maximum atomic E-state index is 5.93. The molecular weight excluding hydrogens is 162 g/mol. The minimum atomic E-state index is 0.245. The van der Waals surface area contributed by atoms with Gasteiger partial charge in [-0.1, -0.05) is 13.8 Å². The predicted molar refractivity (Wildman–Crippen MR) is 53.8 cm³/mol. The van der Waals surface area contributed by atoms with Gasteiger partial charge in [-0.05, 0) is 38.1 Å². The third kappa shape index (κ3) is 1.75. The predicted octanol–water partition coefficient (Wildman–Crippen LogP) is 1.94. The molecule has 1 aliphatic heterocycles. The zero-order chi connectivity index (χ0) is 9.53. The van der Waals surface area contributed by atoms with E-state index < -0.39 is 0 Å². The van der Waals surface area contributed by atoms with Gasteiger partial charge in [0.1, 0.15) is 0 Å². The van der Waals surface area contributed by atoms with E-state index in [1.807, 2.05) is 0 Å². The molecule has 2 nitrogen and oxygen atoms in total. The molecule has 0 aromatic heterocycles. The lowest BCUT2D eigenvalue weighted by atomic mass is 9.58. The van der Waals surface area contributed by atoms with Gasteiger partial charge in [-0.2, -0.15) is 0 Å². The fraction of sp³-hybridized carbons (Fsp3) is 1.00. The minimum absolute atomic E-state index is 0.245. The van der Waals surface area contributed by atoms with E-state index in [1.165, 1.54) is 25.7 Å². The zero-order valence-corrected chi connectivity index (χ0v) is 9.02. The van der Waals surface area contributed by atoms with Crippen molar-refractivity contribution >= 4 is 0 Å². The molecule has 0 radical (unpaired) electrons. The molecule has 0 aromatic carbocycles. The Bertz CT molecular complexity index is 192. The highest BCUT2D eigenvalue weighted by Gasteiger charge is 2.52. The van der Waals surface area contributed by atoms with Gasteiger partial charge >= 0.3 is 0 Å². The minimum Gasteiger partial charge on any atom is -0.375 e. The average molecular weight is 183 g/mol. The zero-order valence-electron chi connectivity index (χ0n) is 9.02. The standard InChI is InChI=1S/C11H21NO/c1-10(2)7-11(8-10)6-9(12-3)4-5-13-11/h9,12H,4-8H2,1-3H3. The Morgan fingerprint density at radius 1 is 1.31 bits per heavy atom. The van der Waals surface area contributed by atoms with Gasteiger partial charge in [0.05, 0.1) is 5.60 Å². The van der Waals surface area contributed by atoms with Crippen LogP contribution in [0.3, 0.4) is 0 Å². The number of ether oxygens (including phenoxy) is 1. The lowest BCUT2D eigenvalue weighted by Crippen LogP contribution is -2.56. The van der Waals surface area contributed by atoms with Crippen molar-refractivity contribution in [3.63, 3.8) is 0 Å². The van der Waals surface area contributed by atoms with E-state index in [0.29, 0.717) is 11.5 Å². The monoisotopic (exact) mass is 183 g/mol. The van der Waals surface area contributed by atoms with Gasteiger partial charge in [0.2, 0.25) is 0 Å². The van der Waals surface area contributed by atoms with Crippen LogP contribution in [0, 0.1) is 5.41 Å². The van der Waals surface area contributed by atoms with Crippen LogP contribution < -0.4 is 5.32 Å². The van der Waals surface area contributed by atoms with Gasteiger partial charge in [0.25, 0.3) is 0 Å². The van der Waals surface area contributed by atoms with Crippen molar-refractivity contribution in [2.24, 2.45) is 5.41 Å². The molecular formula is C11H21NO. The SMILES string of the molecule is CNC1CCOC2(C1)CC(C)(C)C2. The highest BCUT2D eigenvalue weighted by Crippen LogP contribution is 2.53. The molecule has 1 saturated carbocycles. The topological polar surface area (TPSA) is 21.3 Å². The molecule has 1 aliphatic carbocycles. The highest BCUT2D eigenvalue weighted by atomic mass is 16.5. The van der Waals surface area contributed by atoms with Crippen molar-refractivity contribution in [3.05, 3.63) is 0 Å². The second-order valence-corrected chi connectivity index (χ2v) is 5.53. The van der Waals surface area contributed by atoms with E-state index in [1.54, 1.807) is 0 Å². The molecule has 0 bridgehead atoms. The van der Waals surface area contributed by atoms with Gasteiger partial charge < -0.3 is 10.1 Å². The summed E-state index contributed by atoms with van der Waals surface area (Å²) in [5.74, 6) is 0. The van der Waals surface area contributed by atoms with Gasteiger partial charge in [-0.3, -0.25) is 0 Å². The lowest BCUT2D eigenvalue weighted by Gasteiger charge is -2.56. The molecule has 2 aliphatic rings. The van der Waals surface area contributed by atoms with E-state index in [2.05, 4.69) is 26.2 Å². The maximum absolute atomic E-state index is 5.93. The van der Waals surface area contributed by atoms with Crippen LogP contribution in [0.25, 0.3) is 0 Å². The molecule has 2 fully saturated rings. The second kappa shape index (κ2) is 2.96. The Morgan fingerprint density at radius 2 is 2.00 bits per heavy atom. The Labute approximate surface area is 81.0 Å². The number of hydrogen-bond donors (Lipinski definition) is 1. The molecule has 1 spiro atoms. The molecule has 1 heterocycles. The summed E-state index contributed by atoms with van der Waals surface area (Å²) in [5.41, 5.74) is 0.769. The average Bonchev–Trinajstić information content (AvgIpc) is 2.01. The van der Waals surface area contributed by atoms with Crippen LogP contribution in [0.2, 0.25) is 0 Å². The van der Waals surface area contributed by atoms with Gasteiger partial charge in [-0.25, -0.2) is 0 Å². The van der Waals surface area contributed by atoms with Crippen LogP contribution >= 0.6 is 0 Å². The smallest absolute Gasteiger partial charge is 0.0707 e. The first-order valence-electron chi connectivity index (χ1n) is 5.37. The summed E-state index contributed by atoms with van der Waals surface area (Å²) in [6.45, 7) is 5.62. The molecule has 2 heteroatoms. The van der Waals surface area contributed by atoms with Crippen molar-refractivity contribution < 1.29 is 4.74 Å². The van der Waals surface area contributed by atoms with Crippen LogP contribution in [-0.2, 0) is 4.74 Å². The molecule has 1 saturated heterocycles. The first-order valence-corrected chi connectivity index (χ1v) is 5.37. The summed E-state index contributed by atoms with van der Waals surface area (Å²) in [4.78, 5) is 0. The van der Waals surface area contributed by atoms with Crippen molar-refractivity contribution in [2.75, 3.05) is 13.7 Å². The summed E-state index contributed by atoms with van der Waals surface area (Å²) in [6.07, 6.45) is 4.89. The number of hydrogen-bond acceptors (Lipinski definition) is 2. The Morgan fingerprint density at radius 3 is 2.54 bits per heavy atom. The van der Waals surface area contributed by atoms with E-state index in [0.717, 1.165) is 6.61 Å². The molecule has 1 unspecified atom stereocenters. The van der Waals surface area contributed by atoms with E-state index in [4.69, 9.17) is 4.74 Å². The van der Waals surface area contributed by atoms with E-state index in [-0.39, 0.29) is 5.60 Å². The quantitative estimate of drug-likeness (QED) is 0.671. The lowest BCUT2D eigenvalue weighted by molar-refractivity contribution is -0.185. The van der Waals surface area contributed by atoms with Crippen molar-refractivity contribution in [1.29, 1.82) is 0 Å². The molecule has 1 N–H and O–H groups in total. The molecule has 0 amide bonds. The van der Waals surface area contributed by atoms with Gasteiger partial charge in [0.15, 0.2) is 0 Å². The fourth-order valence-corrected chi connectivity index (χ4v) is 3.21. The first-order chi connectivity index (χ1) is 6.05. The van der Waals surface area contributed by atoms with Crippen molar-refractivity contribution in [3.8, 4) is 0 Å². The second-order valence-electron chi connectivity index (χ2n) is 5.53. The number of nitrogens with one attached hydrogen (secondary N) is 1. The van der Waals surface area contributed by atoms with Crippen LogP contribution in [0.15, 0.2) is 0 Å².